The first-order chi connectivity index (χ1) is 10.3. The second kappa shape index (κ2) is 6.39. The second-order valence-corrected chi connectivity index (χ2v) is 7.09. The zero-order chi connectivity index (χ0) is 16.3. The Balaban J connectivity index is 2.27. The predicted octanol–water partition coefficient (Wildman–Crippen LogP) is 5.29. The molecule has 0 saturated heterocycles. The van der Waals surface area contributed by atoms with E-state index < -0.39 is 11.7 Å². The summed E-state index contributed by atoms with van der Waals surface area (Å²) in [6.45, 7) is 5.34. The molecule has 0 saturated carbocycles. The first-order valence-electron chi connectivity index (χ1n) is 6.58. The van der Waals surface area contributed by atoms with Gasteiger partial charge in [0.25, 0.3) is 0 Å². The van der Waals surface area contributed by atoms with Crippen molar-refractivity contribution in [2.75, 3.05) is 5.32 Å². The Morgan fingerprint density at radius 3 is 2.68 bits per heavy atom. The molecule has 0 fully saturated rings. The number of ether oxygens (including phenoxy) is 1. The monoisotopic (exact) mass is 334 g/mol. The van der Waals surface area contributed by atoms with E-state index in [0.29, 0.717) is 15.6 Å². The van der Waals surface area contributed by atoms with Crippen LogP contribution in [0.3, 0.4) is 0 Å². The number of hydrogen-bond acceptors (Lipinski definition) is 4. The molecule has 1 heterocycles. The Bertz CT molecular complexity index is 741. The fourth-order valence-corrected chi connectivity index (χ4v) is 2.86. The quantitative estimate of drug-likeness (QED) is 0.811. The number of halogens is 1. The molecule has 114 valence electrons. The Morgan fingerprint density at radius 2 is 2.09 bits per heavy atom. The Hall–Kier alpha value is -2.03. The molecular formula is C16H15ClN2O2S. The molecule has 6 heteroatoms. The largest absolute Gasteiger partial charge is 0.444 e. The van der Waals surface area contributed by atoms with Crippen LogP contribution < -0.4 is 5.32 Å². The summed E-state index contributed by atoms with van der Waals surface area (Å²) in [5.74, 6) is 0. The number of nitriles is 1. The lowest BCUT2D eigenvalue weighted by Crippen LogP contribution is -2.27. The van der Waals surface area contributed by atoms with Crippen molar-refractivity contribution in [3.63, 3.8) is 0 Å². The minimum Gasteiger partial charge on any atom is -0.444 e. The van der Waals surface area contributed by atoms with Gasteiger partial charge >= 0.3 is 6.09 Å². The lowest BCUT2D eigenvalue weighted by Gasteiger charge is -2.19. The Labute approximate surface area is 138 Å². The van der Waals surface area contributed by atoms with E-state index >= 15 is 0 Å². The molecular weight excluding hydrogens is 320 g/mol. The highest BCUT2D eigenvalue weighted by atomic mass is 35.5. The van der Waals surface area contributed by atoms with Gasteiger partial charge in [-0.25, -0.2) is 4.79 Å². The lowest BCUT2D eigenvalue weighted by molar-refractivity contribution is 0.0636. The van der Waals surface area contributed by atoms with Crippen molar-refractivity contribution in [1.82, 2.24) is 0 Å². The summed E-state index contributed by atoms with van der Waals surface area (Å²) in [5.41, 5.74) is 0.742. The maximum atomic E-state index is 11.8. The first-order valence-corrected chi connectivity index (χ1v) is 7.78. The molecule has 2 aromatic rings. The van der Waals surface area contributed by atoms with Crippen LogP contribution >= 0.6 is 22.9 Å². The molecule has 0 unspecified atom stereocenters. The Kier molecular flexibility index (Phi) is 4.74. The molecule has 0 aliphatic carbocycles. The summed E-state index contributed by atoms with van der Waals surface area (Å²) in [6.07, 6.45) is -0.584. The summed E-state index contributed by atoms with van der Waals surface area (Å²) < 4.78 is 5.20. The van der Waals surface area contributed by atoms with Crippen LogP contribution in [0.15, 0.2) is 30.3 Å². The van der Waals surface area contributed by atoms with E-state index in [4.69, 9.17) is 16.3 Å². The fraction of sp³-hybridized carbons (Fsp3) is 0.250. The molecule has 0 atom stereocenters. The number of amides is 1. The molecule has 0 radical (unpaired) electrons. The molecule has 1 aromatic carbocycles. The van der Waals surface area contributed by atoms with Crippen molar-refractivity contribution in [1.29, 1.82) is 5.26 Å². The number of rotatable bonds is 2. The standard InChI is InChI=1S/C16H15ClN2O2S/c1-16(2,3)21-15(20)19-12-8-13(22-14(12)9-18)10-5-4-6-11(17)7-10/h4-8H,1-3H3,(H,19,20). The molecule has 2 rings (SSSR count). The molecule has 0 aliphatic rings. The summed E-state index contributed by atoms with van der Waals surface area (Å²) >= 11 is 7.27. The van der Waals surface area contributed by atoms with E-state index in [2.05, 4.69) is 11.4 Å². The van der Waals surface area contributed by atoms with Gasteiger partial charge in [-0.3, -0.25) is 5.32 Å². The highest BCUT2D eigenvalue weighted by Crippen LogP contribution is 2.35. The zero-order valence-corrected chi connectivity index (χ0v) is 14.0. The highest BCUT2D eigenvalue weighted by Gasteiger charge is 2.19. The second-order valence-electron chi connectivity index (χ2n) is 5.60. The SMILES string of the molecule is CC(C)(C)OC(=O)Nc1cc(-c2cccc(Cl)c2)sc1C#N. The van der Waals surface area contributed by atoms with Crippen molar-refractivity contribution in [3.8, 4) is 16.5 Å². The fourth-order valence-electron chi connectivity index (χ4n) is 1.76. The van der Waals surface area contributed by atoms with Crippen molar-refractivity contribution in [2.24, 2.45) is 0 Å². The topological polar surface area (TPSA) is 62.1 Å². The van der Waals surface area contributed by atoms with Crippen LogP contribution in [0.4, 0.5) is 10.5 Å². The molecule has 0 spiro atoms. The van der Waals surface area contributed by atoms with Gasteiger partial charge in [0.15, 0.2) is 0 Å². The van der Waals surface area contributed by atoms with Gasteiger partial charge in [0, 0.05) is 9.90 Å². The van der Waals surface area contributed by atoms with Crippen LogP contribution in [0.2, 0.25) is 5.02 Å². The average molecular weight is 335 g/mol. The van der Waals surface area contributed by atoms with Gasteiger partial charge in [-0.15, -0.1) is 11.3 Å². The van der Waals surface area contributed by atoms with Crippen LogP contribution in [0, 0.1) is 11.3 Å². The van der Waals surface area contributed by atoms with E-state index in [1.807, 2.05) is 18.2 Å². The number of hydrogen-bond donors (Lipinski definition) is 1. The van der Waals surface area contributed by atoms with E-state index in [-0.39, 0.29) is 0 Å². The molecule has 0 bridgehead atoms. The summed E-state index contributed by atoms with van der Waals surface area (Å²) in [4.78, 5) is 13.1. The molecule has 1 N–H and O–H groups in total. The first kappa shape index (κ1) is 16.3. The summed E-state index contributed by atoms with van der Waals surface area (Å²) in [7, 11) is 0. The number of anilines is 1. The molecule has 1 aromatic heterocycles. The van der Waals surface area contributed by atoms with Crippen LogP contribution in [0.25, 0.3) is 10.4 Å². The van der Waals surface area contributed by atoms with E-state index in [0.717, 1.165) is 10.4 Å². The average Bonchev–Trinajstić information content (AvgIpc) is 2.79. The highest BCUT2D eigenvalue weighted by molar-refractivity contribution is 7.16. The maximum absolute atomic E-state index is 11.8. The van der Waals surface area contributed by atoms with Crippen molar-refractivity contribution in [2.45, 2.75) is 26.4 Å². The van der Waals surface area contributed by atoms with Crippen LogP contribution in [-0.2, 0) is 4.74 Å². The van der Waals surface area contributed by atoms with Gasteiger partial charge in [0.05, 0.1) is 5.69 Å². The molecule has 22 heavy (non-hydrogen) atoms. The third kappa shape index (κ3) is 4.23. The van der Waals surface area contributed by atoms with Gasteiger partial charge in [0.2, 0.25) is 0 Å². The molecule has 0 aliphatic heterocycles. The van der Waals surface area contributed by atoms with Gasteiger partial charge < -0.3 is 4.74 Å². The lowest BCUT2D eigenvalue weighted by atomic mass is 10.2. The minimum absolute atomic E-state index is 0.417. The number of nitrogens with zero attached hydrogens (tertiary/aromatic N) is 1. The summed E-state index contributed by atoms with van der Waals surface area (Å²) in [6, 6.07) is 11.2. The molecule has 4 nitrogen and oxygen atoms in total. The molecule has 1 amide bonds. The normalized spacial score (nSPS) is 10.9. The Morgan fingerprint density at radius 1 is 1.36 bits per heavy atom. The predicted molar refractivity (Wildman–Crippen MR) is 89.3 cm³/mol. The van der Waals surface area contributed by atoms with Gasteiger partial charge in [-0.05, 0) is 44.5 Å². The van der Waals surface area contributed by atoms with E-state index in [1.54, 1.807) is 32.9 Å². The van der Waals surface area contributed by atoms with E-state index in [9.17, 15) is 10.1 Å². The van der Waals surface area contributed by atoms with Crippen LogP contribution in [-0.4, -0.2) is 11.7 Å². The van der Waals surface area contributed by atoms with Crippen molar-refractivity contribution < 1.29 is 9.53 Å². The third-order valence-corrected chi connectivity index (χ3v) is 3.90. The van der Waals surface area contributed by atoms with Gasteiger partial charge in [-0.2, -0.15) is 5.26 Å². The summed E-state index contributed by atoms with van der Waals surface area (Å²) in [5, 5.41) is 12.5. The number of carbonyl (C=O) groups excluding carboxylic acids is 1. The number of benzene rings is 1. The number of nitrogens with one attached hydrogen (secondary N) is 1. The third-order valence-electron chi connectivity index (χ3n) is 2.58. The van der Waals surface area contributed by atoms with Gasteiger partial charge in [-0.1, -0.05) is 23.7 Å². The zero-order valence-electron chi connectivity index (χ0n) is 12.4. The maximum Gasteiger partial charge on any atom is 0.412 e. The van der Waals surface area contributed by atoms with Gasteiger partial charge in [0.1, 0.15) is 16.5 Å². The van der Waals surface area contributed by atoms with E-state index in [1.165, 1.54) is 11.3 Å². The number of carbonyl (C=O) groups is 1. The van der Waals surface area contributed by atoms with Crippen molar-refractivity contribution in [3.05, 3.63) is 40.2 Å². The van der Waals surface area contributed by atoms with Crippen LogP contribution in [0.1, 0.15) is 25.6 Å². The smallest absolute Gasteiger partial charge is 0.412 e. The van der Waals surface area contributed by atoms with Crippen LogP contribution in [0.5, 0.6) is 0 Å². The minimum atomic E-state index is -0.595. The number of thiophene rings is 1. The van der Waals surface area contributed by atoms with Crippen molar-refractivity contribution >= 4 is 34.7 Å².